The molecule has 0 spiro atoms. The van der Waals surface area contributed by atoms with E-state index in [1.807, 2.05) is 12.3 Å². The van der Waals surface area contributed by atoms with Gasteiger partial charge in [-0.1, -0.05) is 6.07 Å². The van der Waals surface area contributed by atoms with E-state index in [0.29, 0.717) is 0 Å². The topological polar surface area (TPSA) is 27.8 Å². The number of hydrogen-bond donors (Lipinski definition) is 2. The van der Waals surface area contributed by atoms with Gasteiger partial charge in [0.2, 0.25) is 0 Å². The first-order valence-corrected chi connectivity index (χ1v) is 5.67. The zero-order valence-corrected chi connectivity index (χ0v) is 10.1. The first-order valence-electron chi connectivity index (χ1n) is 4.88. The van der Waals surface area contributed by atoms with Crippen LogP contribution in [0.2, 0.25) is 0 Å². The molecule has 0 fully saturated rings. The van der Waals surface area contributed by atoms with E-state index in [4.69, 9.17) is 0 Å². The molecule has 3 heteroatoms. The Bertz CT molecular complexity index is 435. The third-order valence-corrected chi connectivity index (χ3v) is 2.95. The van der Waals surface area contributed by atoms with Gasteiger partial charge in [0.05, 0.1) is 6.54 Å². The van der Waals surface area contributed by atoms with Gasteiger partial charge in [0, 0.05) is 22.1 Å². The molecular weight excluding hydrogens is 252 g/mol. The number of benzene rings is 1. The molecule has 0 amide bonds. The number of anilines is 1. The van der Waals surface area contributed by atoms with Crippen molar-refractivity contribution in [1.82, 2.24) is 4.98 Å². The second-order valence-corrected chi connectivity index (χ2v) is 4.39. The lowest BCUT2D eigenvalue weighted by atomic mass is 10.2. The minimum atomic E-state index is 0.815. The van der Waals surface area contributed by atoms with Gasteiger partial charge in [-0.3, -0.25) is 0 Å². The summed E-state index contributed by atoms with van der Waals surface area (Å²) in [5, 5.41) is 3.38. The SMILES string of the molecule is Cc1ccc(Br)c(NCc2ccc[nH]2)c1. The van der Waals surface area contributed by atoms with Crippen LogP contribution < -0.4 is 5.32 Å². The Balaban J connectivity index is 2.07. The highest BCUT2D eigenvalue weighted by Gasteiger charge is 1.99. The van der Waals surface area contributed by atoms with Crippen molar-refractivity contribution in [3.8, 4) is 0 Å². The summed E-state index contributed by atoms with van der Waals surface area (Å²) >= 11 is 3.52. The number of nitrogens with one attached hydrogen (secondary N) is 2. The maximum absolute atomic E-state index is 3.52. The lowest BCUT2D eigenvalue weighted by Crippen LogP contribution is -2.00. The maximum Gasteiger partial charge on any atom is 0.0551 e. The molecule has 1 aromatic carbocycles. The van der Waals surface area contributed by atoms with Gasteiger partial charge in [0.25, 0.3) is 0 Å². The molecule has 0 aliphatic rings. The van der Waals surface area contributed by atoms with Crippen molar-refractivity contribution >= 4 is 21.6 Å². The first-order chi connectivity index (χ1) is 7.25. The minimum Gasteiger partial charge on any atom is -0.379 e. The van der Waals surface area contributed by atoms with E-state index < -0.39 is 0 Å². The molecule has 0 atom stereocenters. The van der Waals surface area contributed by atoms with E-state index in [9.17, 15) is 0 Å². The fourth-order valence-corrected chi connectivity index (χ4v) is 1.83. The second-order valence-electron chi connectivity index (χ2n) is 3.53. The number of aromatic amines is 1. The van der Waals surface area contributed by atoms with E-state index >= 15 is 0 Å². The van der Waals surface area contributed by atoms with Gasteiger partial charge in [-0.15, -0.1) is 0 Å². The number of aryl methyl sites for hydroxylation is 1. The van der Waals surface area contributed by atoms with Crippen LogP contribution >= 0.6 is 15.9 Å². The molecule has 0 aliphatic heterocycles. The second kappa shape index (κ2) is 4.53. The fourth-order valence-electron chi connectivity index (χ4n) is 1.44. The van der Waals surface area contributed by atoms with Crippen LogP contribution in [0.5, 0.6) is 0 Å². The molecule has 0 bridgehead atoms. The van der Waals surface area contributed by atoms with Gasteiger partial charge in [-0.2, -0.15) is 0 Å². The van der Waals surface area contributed by atoms with Crippen molar-refractivity contribution < 1.29 is 0 Å². The van der Waals surface area contributed by atoms with Crippen LogP contribution in [0.1, 0.15) is 11.3 Å². The molecular formula is C12H13BrN2. The van der Waals surface area contributed by atoms with Crippen LogP contribution in [0.15, 0.2) is 41.0 Å². The summed E-state index contributed by atoms with van der Waals surface area (Å²) in [5.41, 5.74) is 3.57. The molecule has 15 heavy (non-hydrogen) atoms. The first kappa shape index (κ1) is 10.3. The van der Waals surface area contributed by atoms with Gasteiger partial charge in [-0.25, -0.2) is 0 Å². The Morgan fingerprint density at radius 1 is 1.33 bits per heavy atom. The lowest BCUT2D eigenvalue weighted by Gasteiger charge is -2.08. The average Bonchev–Trinajstić information content (AvgIpc) is 2.72. The quantitative estimate of drug-likeness (QED) is 0.870. The summed E-state index contributed by atoms with van der Waals surface area (Å²) in [6.07, 6.45) is 1.93. The average molecular weight is 265 g/mol. The van der Waals surface area contributed by atoms with Crippen molar-refractivity contribution in [1.29, 1.82) is 0 Å². The predicted octanol–water partition coefficient (Wildman–Crippen LogP) is 3.70. The van der Waals surface area contributed by atoms with E-state index in [-0.39, 0.29) is 0 Å². The van der Waals surface area contributed by atoms with Crippen molar-refractivity contribution in [3.63, 3.8) is 0 Å². The summed E-state index contributed by atoms with van der Waals surface area (Å²) in [6.45, 7) is 2.90. The van der Waals surface area contributed by atoms with Gasteiger partial charge in [0.1, 0.15) is 0 Å². The molecule has 0 aliphatic carbocycles. The number of H-pyrrole nitrogens is 1. The van der Waals surface area contributed by atoms with E-state index in [0.717, 1.165) is 16.7 Å². The van der Waals surface area contributed by atoms with Crippen molar-refractivity contribution in [2.24, 2.45) is 0 Å². The van der Waals surface area contributed by atoms with Crippen LogP contribution in [0.25, 0.3) is 0 Å². The Kier molecular flexibility index (Phi) is 3.11. The highest BCUT2D eigenvalue weighted by molar-refractivity contribution is 9.10. The Morgan fingerprint density at radius 3 is 2.93 bits per heavy atom. The summed E-state index contributed by atoms with van der Waals surface area (Å²) in [5.74, 6) is 0. The van der Waals surface area contributed by atoms with Gasteiger partial charge >= 0.3 is 0 Å². The van der Waals surface area contributed by atoms with Crippen molar-refractivity contribution in [2.45, 2.75) is 13.5 Å². The smallest absolute Gasteiger partial charge is 0.0551 e. The van der Waals surface area contributed by atoms with Gasteiger partial charge in [-0.05, 0) is 52.7 Å². The highest BCUT2D eigenvalue weighted by atomic mass is 79.9. The van der Waals surface area contributed by atoms with Crippen LogP contribution in [0.4, 0.5) is 5.69 Å². The number of hydrogen-bond acceptors (Lipinski definition) is 1. The Labute approximate surface area is 97.8 Å². The summed E-state index contributed by atoms with van der Waals surface area (Å²) in [7, 11) is 0. The molecule has 78 valence electrons. The Morgan fingerprint density at radius 2 is 2.20 bits per heavy atom. The molecule has 1 aromatic heterocycles. The van der Waals surface area contributed by atoms with Crippen molar-refractivity contribution in [2.75, 3.05) is 5.32 Å². The number of halogens is 1. The minimum absolute atomic E-state index is 0.815. The number of rotatable bonds is 3. The third-order valence-electron chi connectivity index (χ3n) is 2.25. The van der Waals surface area contributed by atoms with Gasteiger partial charge in [0.15, 0.2) is 0 Å². The summed E-state index contributed by atoms with van der Waals surface area (Å²) in [6, 6.07) is 10.3. The molecule has 2 rings (SSSR count). The van der Waals surface area contributed by atoms with Crippen LogP contribution in [-0.2, 0) is 6.54 Å². The monoisotopic (exact) mass is 264 g/mol. The molecule has 0 saturated heterocycles. The molecule has 2 N–H and O–H groups in total. The number of aromatic nitrogens is 1. The lowest BCUT2D eigenvalue weighted by molar-refractivity contribution is 1.07. The summed E-state index contributed by atoms with van der Waals surface area (Å²) in [4.78, 5) is 3.16. The van der Waals surface area contributed by atoms with Crippen molar-refractivity contribution in [3.05, 3.63) is 52.3 Å². The zero-order chi connectivity index (χ0) is 10.7. The third kappa shape index (κ3) is 2.63. The summed E-state index contributed by atoms with van der Waals surface area (Å²) < 4.78 is 1.10. The Hall–Kier alpha value is -1.22. The van der Waals surface area contributed by atoms with Gasteiger partial charge < -0.3 is 10.3 Å². The molecule has 2 aromatic rings. The largest absolute Gasteiger partial charge is 0.379 e. The standard InChI is InChI=1S/C12H13BrN2/c1-9-4-5-11(13)12(7-9)15-8-10-3-2-6-14-10/h2-7,14-15H,8H2,1H3. The maximum atomic E-state index is 3.52. The fraction of sp³-hybridized carbons (Fsp3) is 0.167. The normalized spacial score (nSPS) is 10.3. The molecule has 2 nitrogen and oxygen atoms in total. The van der Waals surface area contributed by atoms with E-state index in [1.165, 1.54) is 11.3 Å². The molecule has 0 radical (unpaired) electrons. The van der Waals surface area contributed by atoms with E-state index in [1.54, 1.807) is 0 Å². The van der Waals surface area contributed by atoms with E-state index in [2.05, 4.69) is 57.4 Å². The molecule has 0 saturated carbocycles. The van der Waals surface area contributed by atoms with Crippen LogP contribution in [-0.4, -0.2) is 4.98 Å². The predicted molar refractivity (Wildman–Crippen MR) is 67.0 cm³/mol. The molecule has 1 heterocycles. The highest BCUT2D eigenvalue weighted by Crippen LogP contribution is 2.23. The van der Waals surface area contributed by atoms with Crippen LogP contribution in [0.3, 0.4) is 0 Å². The zero-order valence-electron chi connectivity index (χ0n) is 8.55. The van der Waals surface area contributed by atoms with Crippen LogP contribution in [0, 0.1) is 6.92 Å². The molecule has 0 unspecified atom stereocenters.